The highest BCUT2D eigenvalue weighted by molar-refractivity contribution is 7.90. The number of furan rings is 2. The molecule has 31 heavy (non-hydrogen) atoms. The maximum atomic E-state index is 13.7. The van der Waals surface area contributed by atoms with Gasteiger partial charge in [0.1, 0.15) is 5.76 Å². The van der Waals surface area contributed by atoms with E-state index in [-0.39, 0.29) is 23.1 Å². The van der Waals surface area contributed by atoms with Crippen LogP contribution in [0.15, 0.2) is 80.9 Å². The Balaban J connectivity index is 1.70. The van der Waals surface area contributed by atoms with Gasteiger partial charge in [0.2, 0.25) is 0 Å². The number of sulfonamides is 1. The predicted molar refractivity (Wildman–Crippen MR) is 111 cm³/mol. The molecule has 2 aromatic carbocycles. The van der Waals surface area contributed by atoms with Crippen LogP contribution in [0.2, 0.25) is 0 Å². The molecule has 1 aliphatic rings. The van der Waals surface area contributed by atoms with Gasteiger partial charge < -0.3 is 13.7 Å². The molecule has 0 aliphatic carbocycles. The third-order valence-corrected chi connectivity index (χ3v) is 7.07. The normalized spacial score (nSPS) is 13.2. The SMILES string of the molecule is CN1C(=O)c2cccc3c(S(=O)(=O)N(Cc4ccco4)C(=O)c4ccco4)ccc1c23. The molecule has 8 nitrogen and oxygen atoms in total. The molecule has 0 saturated carbocycles. The molecule has 0 radical (unpaired) electrons. The number of rotatable bonds is 5. The number of hydrogen-bond acceptors (Lipinski definition) is 6. The zero-order chi connectivity index (χ0) is 21.8. The first-order valence-electron chi connectivity index (χ1n) is 9.36. The average Bonchev–Trinajstić information content (AvgIpc) is 3.52. The van der Waals surface area contributed by atoms with E-state index in [0.717, 1.165) is 4.31 Å². The van der Waals surface area contributed by atoms with Gasteiger partial charge in [-0.1, -0.05) is 12.1 Å². The summed E-state index contributed by atoms with van der Waals surface area (Å²) in [6.07, 6.45) is 2.70. The highest BCUT2D eigenvalue weighted by Crippen LogP contribution is 2.40. The summed E-state index contributed by atoms with van der Waals surface area (Å²) < 4.78 is 38.6. The molecule has 0 N–H and O–H groups in total. The lowest BCUT2D eigenvalue weighted by Crippen LogP contribution is -2.36. The lowest BCUT2D eigenvalue weighted by molar-refractivity contribution is 0.0818. The van der Waals surface area contributed by atoms with Crippen LogP contribution in [-0.4, -0.2) is 31.6 Å². The van der Waals surface area contributed by atoms with Gasteiger partial charge in [-0.25, -0.2) is 12.7 Å². The van der Waals surface area contributed by atoms with Gasteiger partial charge in [-0.2, -0.15) is 0 Å². The molecule has 1 aliphatic heterocycles. The maximum absolute atomic E-state index is 13.7. The van der Waals surface area contributed by atoms with Gasteiger partial charge in [0.05, 0.1) is 29.7 Å². The third kappa shape index (κ3) is 2.85. The maximum Gasteiger partial charge on any atom is 0.303 e. The highest BCUT2D eigenvalue weighted by Gasteiger charge is 2.36. The Labute approximate surface area is 177 Å². The summed E-state index contributed by atoms with van der Waals surface area (Å²) in [4.78, 5) is 27.0. The largest absolute Gasteiger partial charge is 0.467 e. The minimum absolute atomic E-state index is 0.0809. The van der Waals surface area contributed by atoms with Crippen molar-refractivity contribution in [2.75, 3.05) is 11.9 Å². The molecule has 5 rings (SSSR count). The summed E-state index contributed by atoms with van der Waals surface area (Å²) in [6, 6.07) is 14.0. The van der Waals surface area contributed by atoms with Gasteiger partial charge in [-0.3, -0.25) is 9.59 Å². The summed E-state index contributed by atoms with van der Waals surface area (Å²) in [5.41, 5.74) is 1.03. The molecule has 0 fully saturated rings. The second kappa shape index (κ2) is 6.85. The molecular weight excluding hydrogens is 420 g/mol. The highest BCUT2D eigenvalue weighted by atomic mass is 32.2. The molecule has 2 amide bonds. The van der Waals surface area contributed by atoms with Crippen LogP contribution in [-0.2, 0) is 16.6 Å². The van der Waals surface area contributed by atoms with Gasteiger partial charge in [0.25, 0.3) is 15.9 Å². The fraction of sp³-hybridized carbons (Fsp3) is 0.0909. The van der Waals surface area contributed by atoms with Crippen LogP contribution in [0.25, 0.3) is 10.8 Å². The van der Waals surface area contributed by atoms with Crippen LogP contribution in [0.3, 0.4) is 0 Å². The van der Waals surface area contributed by atoms with Crippen molar-refractivity contribution in [3.8, 4) is 0 Å². The lowest BCUT2D eigenvalue weighted by atomic mass is 10.1. The Morgan fingerprint density at radius 1 is 1.00 bits per heavy atom. The van der Waals surface area contributed by atoms with Crippen LogP contribution in [0, 0.1) is 0 Å². The lowest BCUT2D eigenvalue weighted by Gasteiger charge is -2.22. The van der Waals surface area contributed by atoms with Crippen LogP contribution in [0.5, 0.6) is 0 Å². The van der Waals surface area contributed by atoms with E-state index < -0.39 is 15.9 Å². The predicted octanol–water partition coefficient (Wildman–Crippen LogP) is 3.65. The number of nitrogens with zero attached hydrogens (tertiary/aromatic N) is 2. The standard InChI is InChI=1S/C22H16N2O6S/c1-23-17-9-10-19(15-6-2-7-16(20(15)17)21(23)25)31(27,28)24(13-14-5-3-11-29-14)22(26)18-8-4-12-30-18/h2-12H,13H2,1H3. The Bertz CT molecular complexity index is 1420. The van der Waals surface area contributed by atoms with Crippen molar-refractivity contribution in [3.63, 3.8) is 0 Å². The summed E-state index contributed by atoms with van der Waals surface area (Å²) in [5.74, 6) is -0.854. The number of anilines is 1. The van der Waals surface area contributed by atoms with E-state index >= 15 is 0 Å². The molecule has 0 saturated heterocycles. The fourth-order valence-electron chi connectivity index (χ4n) is 3.79. The Morgan fingerprint density at radius 2 is 1.77 bits per heavy atom. The van der Waals surface area contributed by atoms with E-state index in [1.807, 2.05) is 0 Å². The molecule has 9 heteroatoms. The van der Waals surface area contributed by atoms with Gasteiger partial charge in [-0.15, -0.1) is 0 Å². The molecule has 2 aromatic heterocycles. The van der Waals surface area contributed by atoms with E-state index in [0.29, 0.717) is 27.8 Å². The smallest absolute Gasteiger partial charge is 0.303 e. The number of hydrogen-bond donors (Lipinski definition) is 0. The third-order valence-electron chi connectivity index (χ3n) is 5.28. The van der Waals surface area contributed by atoms with E-state index in [2.05, 4.69) is 0 Å². The van der Waals surface area contributed by atoms with Crippen LogP contribution < -0.4 is 4.90 Å². The first-order chi connectivity index (χ1) is 14.9. The number of carbonyl (C=O) groups excluding carboxylic acids is 2. The van der Waals surface area contributed by atoms with E-state index in [4.69, 9.17) is 8.83 Å². The minimum atomic E-state index is -4.34. The van der Waals surface area contributed by atoms with E-state index in [1.54, 1.807) is 43.4 Å². The van der Waals surface area contributed by atoms with Crippen LogP contribution in [0.1, 0.15) is 26.7 Å². The topological polar surface area (TPSA) is 101 Å². The first-order valence-corrected chi connectivity index (χ1v) is 10.8. The van der Waals surface area contributed by atoms with Crippen molar-refractivity contribution in [1.82, 2.24) is 4.31 Å². The van der Waals surface area contributed by atoms with Crippen LogP contribution in [0.4, 0.5) is 5.69 Å². The summed E-state index contributed by atoms with van der Waals surface area (Å²) >= 11 is 0. The molecule has 156 valence electrons. The second-order valence-electron chi connectivity index (χ2n) is 7.05. The van der Waals surface area contributed by atoms with Gasteiger partial charge in [0, 0.05) is 23.4 Å². The first kappa shape index (κ1) is 19.1. The number of carbonyl (C=O) groups is 2. The number of amides is 2. The summed E-state index contributed by atoms with van der Waals surface area (Å²) in [6.45, 7) is -0.309. The van der Waals surface area contributed by atoms with Crippen molar-refractivity contribution in [2.45, 2.75) is 11.4 Å². The Kier molecular flexibility index (Phi) is 4.23. The molecular formula is C22H16N2O6S. The van der Waals surface area contributed by atoms with E-state index in [1.165, 1.54) is 35.6 Å². The fourth-order valence-corrected chi connectivity index (χ4v) is 5.32. The van der Waals surface area contributed by atoms with Crippen molar-refractivity contribution in [1.29, 1.82) is 0 Å². The van der Waals surface area contributed by atoms with Gasteiger partial charge >= 0.3 is 5.91 Å². The molecule has 0 atom stereocenters. The van der Waals surface area contributed by atoms with Gasteiger partial charge in [-0.05, 0) is 42.5 Å². The summed E-state index contributed by atoms with van der Waals surface area (Å²) in [5, 5.41) is 0.906. The monoisotopic (exact) mass is 436 g/mol. The van der Waals surface area contributed by atoms with Crippen molar-refractivity contribution in [2.24, 2.45) is 0 Å². The summed E-state index contributed by atoms with van der Waals surface area (Å²) in [7, 11) is -2.70. The number of benzene rings is 2. The quantitative estimate of drug-likeness (QED) is 0.473. The van der Waals surface area contributed by atoms with Crippen molar-refractivity contribution in [3.05, 3.63) is 84.2 Å². The zero-order valence-electron chi connectivity index (χ0n) is 16.3. The Morgan fingerprint density at radius 3 is 2.48 bits per heavy atom. The average molecular weight is 436 g/mol. The Hall–Kier alpha value is -3.85. The van der Waals surface area contributed by atoms with Crippen molar-refractivity contribution < 1.29 is 26.8 Å². The minimum Gasteiger partial charge on any atom is -0.467 e. The molecule has 0 bridgehead atoms. The van der Waals surface area contributed by atoms with Crippen molar-refractivity contribution >= 4 is 38.3 Å². The van der Waals surface area contributed by atoms with Crippen LogP contribution >= 0.6 is 0 Å². The van der Waals surface area contributed by atoms with E-state index in [9.17, 15) is 18.0 Å². The molecule has 0 spiro atoms. The van der Waals surface area contributed by atoms with Gasteiger partial charge in [0.15, 0.2) is 5.76 Å². The molecule has 4 aromatic rings. The molecule has 0 unspecified atom stereocenters. The zero-order valence-corrected chi connectivity index (χ0v) is 17.1. The second-order valence-corrected chi connectivity index (χ2v) is 8.88. The molecule has 3 heterocycles.